The third-order valence-electron chi connectivity index (χ3n) is 8.15. The molecule has 2 aromatic rings. The summed E-state index contributed by atoms with van der Waals surface area (Å²) < 4.78 is 0. The maximum Gasteiger partial charge on any atom is 0.0555 e. The molecule has 40 heavy (non-hydrogen) atoms. The number of nitrogens with one attached hydrogen (secondary N) is 2. The van der Waals surface area contributed by atoms with Crippen molar-refractivity contribution in [3.63, 3.8) is 0 Å². The van der Waals surface area contributed by atoms with Gasteiger partial charge in [0.15, 0.2) is 0 Å². The molecule has 0 saturated carbocycles. The van der Waals surface area contributed by atoms with E-state index in [1.54, 1.807) is 0 Å². The molecule has 7 heteroatoms. The third kappa shape index (κ3) is 12.6. The fraction of sp³-hybridized carbons (Fsp3) is 0.636. The number of hydrogen-bond acceptors (Lipinski definition) is 4. The van der Waals surface area contributed by atoms with Crippen LogP contribution >= 0.6 is 37.2 Å². The molecule has 0 radical (unpaired) electrons. The summed E-state index contributed by atoms with van der Waals surface area (Å²) in [6, 6.07) is 19.4. The standard InChI is InChI=1S/C33H53N3O.3ClH/c1-6-32(16-15-27-10-7-11-28(22-27)25(2)3)35-33(30-13-8-12-29(23-30)26(4)5)31-14-9-19-36(24-31)20-17-34-18-21-37;;;/h7-8,10-13,22-23,25-26,31-35,37H,6,9,14-21,24H2,1-5H3;3*1H. The molecule has 1 aliphatic heterocycles. The van der Waals surface area contributed by atoms with Crippen LogP contribution in [0.4, 0.5) is 0 Å². The zero-order valence-corrected chi connectivity index (χ0v) is 27.9. The number of aliphatic hydroxyl groups is 1. The van der Waals surface area contributed by atoms with Crippen molar-refractivity contribution in [3.8, 4) is 0 Å². The first-order valence-corrected chi connectivity index (χ1v) is 14.9. The van der Waals surface area contributed by atoms with Crippen molar-refractivity contribution in [2.45, 2.75) is 90.6 Å². The number of piperidine rings is 1. The maximum atomic E-state index is 9.08. The van der Waals surface area contributed by atoms with Gasteiger partial charge in [0, 0.05) is 38.3 Å². The molecule has 3 unspecified atom stereocenters. The number of aryl methyl sites for hydroxylation is 1. The lowest BCUT2D eigenvalue weighted by Gasteiger charge is -2.39. The topological polar surface area (TPSA) is 47.5 Å². The lowest BCUT2D eigenvalue weighted by Crippen LogP contribution is -2.45. The summed E-state index contributed by atoms with van der Waals surface area (Å²) in [5.74, 6) is 1.72. The summed E-state index contributed by atoms with van der Waals surface area (Å²) >= 11 is 0. The molecule has 0 aromatic heterocycles. The van der Waals surface area contributed by atoms with Crippen molar-refractivity contribution in [1.82, 2.24) is 15.5 Å². The molecule has 0 aliphatic carbocycles. The van der Waals surface area contributed by atoms with Crippen LogP contribution in [0.1, 0.15) is 100 Å². The summed E-state index contributed by atoms with van der Waals surface area (Å²) in [7, 11) is 0. The lowest BCUT2D eigenvalue weighted by molar-refractivity contribution is 0.140. The van der Waals surface area contributed by atoms with Crippen LogP contribution in [0.3, 0.4) is 0 Å². The largest absolute Gasteiger partial charge is 0.395 e. The number of likely N-dealkylation sites (tertiary alicyclic amines) is 1. The van der Waals surface area contributed by atoms with Crippen molar-refractivity contribution in [3.05, 3.63) is 70.8 Å². The molecule has 3 rings (SSSR count). The average Bonchev–Trinajstić information content (AvgIpc) is 2.91. The Labute approximate surface area is 263 Å². The first kappa shape index (κ1) is 39.1. The highest BCUT2D eigenvalue weighted by Gasteiger charge is 2.30. The highest BCUT2D eigenvalue weighted by molar-refractivity contribution is 5.86. The van der Waals surface area contributed by atoms with Crippen molar-refractivity contribution in [1.29, 1.82) is 0 Å². The van der Waals surface area contributed by atoms with Gasteiger partial charge in [0.1, 0.15) is 0 Å². The summed E-state index contributed by atoms with van der Waals surface area (Å²) in [6.45, 7) is 16.7. The Kier molecular flexibility index (Phi) is 20.5. The van der Waals surface area contributed by atoms with E-state index in [1.807, 2.05) is 0 Å². The van der Waals surface area contributed by atoms with Gasteiger partial charge < -0.3 is 20.6 Å². The highest BCUT2D eigenvalue weighted by Crippen LogP contribution is 2.32. The number of nitrogens with zero attached hydrogens (tertiary/aromatic N) is 1. The van der Waals surface area contributed by atoms with Gasteiger partial charge in [-0.15, -0.1) is 37.2 Å². The van der Waals surface area contributed by atoms with Crippen molar-refractivity contribution < 1.29 is 5.11 Å². The minimum absolute atomic E-state index is 0. The molecule has 4 nitrogen and oxygen atoms in total. The fourth-order valence-corrected chi connectivity index (χ4v) is 5.73. The zero-order valence-electron chi connectivity index (χ0n) is 25.4. The Hall–Kier alpha value is -0.850. The number of hydrogen-bond donors (Lipinski definition) is 3. The maximum absolute atomic E-state index is 9.08. The molecule has 230 valence electrons. The minimum atomic E-state index is 0. The van der Waals surface area contributed by atoms with Crippen LogP contribution in [0, 0.1) is 5.92 Å². The molecular weight excluding hydrogens is 561 g/mol. The minimum Gasteiger partial charge on any atom is -0.395 e. The van der Waals surface area contributed by atoms with Gasteiger partial charge in [-0.1, -0.05) is 83.1 Å². The molecule has 0 bridgehead atoms. The number of benzene rings is 2. The molecule has 0 amide bonds. The van der Waals surface area contributed by atoms with Crippen LogP contribution in [0.5, 0.6) is 0 Å². The Bertz CT molecular complexity index is 927. The molecular formula is C33H56Cl3N3O. The van der Waals surface area contributed by atoms with Crippen LogP contribution in [0.2, 0.25) is 0 Å². The van der Waals surface area contributed by atoms with E-state index in [2.05, 4.69) is 98.7 Å². The summed E-state index contributed by atoms with van der Waals surface area (Å²) in [5, 5.41) is 16.6. The highest BCUT2D eigenvalue weighted by atomic mass is 35.5. The van der Waals surface area contributed by atoms with E-state index in [0.717, 1.165) is 32.5 Å². The molecule has 1 aliphatic rings. The Morgan fingerprint density at radius 1 is 0.900 bits per heavy atom. The van der Waals surface area contributed by atoms with E-state index < -0.39 is 0 Å². The molecule has 1 saturated heterocycles. The van der Waals surface area contributed by atoms with Gasteiger partial charge in [-0.2, -0.15) is 0 Å². The second-order valence-corrected chi connectivity index (χ2v) is 11.7. The van der Waals surface area contributed by atoms with Crippen LogP contribution in [-0.4, -0.2) is 55.4 Å². The number of rotatable bonds is 15. The van der Waals surface area contributed by atoms with Crippen LogP contribution in [0.15, 0.2) is 48.5 Å². The first-order chi connectivity index (χ1) is 17.9. The molecule has 0 spiro atoms. The summed E-state index contributed by atoms with van der Waals surface area (Å²) in [4.78, 5) is 2.62. The lowest BCUT2D eigenvalue weighted by atomic mass is 9.84. The van der Waals surface area contributed by atoms with Gasteiger partial charge >= 0.3 is 0 Å². The van der Waals surface area contributed by atoms with E-state index in [1.165, 1.54) is 48.1 Å². The van der Waals surface area contributed by atoms with Gasteiger partial charge in [0.25, 0.3) is 0 Å². The monoisotopic (exact) mass is 615 g/mol. The molecule has 1 heterocycles. The van der Waals surface area contributed by atoms with E-state index in [-0.39, 0.29) is 43.8 Å². The molecule has 3 N–H and O–H groups in total. The zero-order chi connectivity index (χ0) is 26.6. The SMILES string of the molecule is CCC(CCc1cccc(C(C)C)c1)NC(c1cccc(C(C)C)c1)C1CCCN(CCNCCO)C1.Cl.Cl.Cl. The molecule has 2 aromatic carbocycles. The van der Waals surface area contributed by atoms with E-state index in [4.69, 9.17) is 5.11 Å². The van der Waals surface area contributed by atoms with E-state index in [0.29, 0.717) is 36.4 Å². The predicted octanol–water partition coefficient (Wildman–Crippen LogP) is 7.53. The van der Waals surface area contributed by atoms with Gasteiger partial charge in [-0.25, -0.2) is 0 Å². The smallest absolute Gasteiger partial charge is 0.0555 e. The third-order valence-corrected chi connectivity index (χ3v) is 8.15. The van der Waals surface area contributed by atoms with Gasteiger partial charge in [0.05, 0.1) is 6.61 Å². The molecule has 1 fully saturated rings. The fourth-order valence-electron chi connectivity index (χ4n) is 5.73. The molecule has 3 atom stereocenters. The van der Waals surface area contributed by atoms with Gasteiger partial charge in [0.2, 0.25) is 0 Å². The first-order valence-electron chi connectivity index (χ1n) is 14.9. The predicted molar refractivity (Wildman–Crippen MR) is 180 cm³/mol. The number of aliphatic hydroxyl groups excluding tert-OH is 1. The summed E-state index contributed by atoms with van der Waals surface area (Å²) in [5.41, 5.74) is 5.79. The summed E-state index contributed by atoms with van der Waals surface area (Å²) in [6.07, 6.45) is 5.96. The Morgan fingerprint density at radius 2 is 1.55 bits per heavy atom. The van der Waals surface area contributed by atoms with Crippen molar-refractivity contribution >= 4 is 37.2 Å². The van der Waals surface area contributed by atoms with Crippen LogP contribution in [0.25, 0.3) is 0 Å². The Morgan fingerprint density at radius 3 is 2.20 bits per heavy atom. The van der Waals surface area contributed by atoms with Gasteiger partial charge in [-0.05, 0) is 78.7 Å². The van der Waals surface area contributed by atoms with Crippen molar-refractivity contribution in [2.24, 2.45) is 5.92 Å². The van der Waals surface area contributed by atoms with E-state index in [9.17, 15) is 0 Å². The van der Waals surface area contributed by atoms with Crippen LogP contribution in [-0.2, 0) is 6.42 Å². The van der Waals surface area contributed by atoms with Crippen molar-refractivity contribution in [2.75, 3.05) is 39.3 Å². The van der Waals surface area contributed by atoms with Gasteiger partial charge in [-0.3, -0.25) is 0 Å². The quantitative estimate of drug-likeness (QED) is 0.181. The normalized spacial score (nSPS) is 17.1. The Balaban J connectivity index is 0.00000507. The van der Waals surface area contributed by atoms with Crippen LogP contribution < -0.4 is 10.6 Å². The average molecular weight is 617 g/mol. The second kappa shape index (κ2) is 20.9. The van der Waals surface area contributed by atoms with E-state index >= 15 is 0 Å². The second-order valence-electron chi connectivity index (χ2n) is 11.7. The number of halogens is 3.